The molecule has 123 heavy (non-hydrogen) atoms. The van der Waals surface area contributed by atoms with Gasteiger partial charge in [-0.15, -0.1) is 0 Å². The Hall–Kier alpha value is -14.9. The highest BCUT2D eigenvalue weighted by atomic mass is 19.4. The second-order valence-corrected chi connectivity index (χ2v) is 30.5. The molecule has 5 amide bonds. The molecular weight excluding hydrogens is 1570 g/mol. The smallest absolute Gasteiger partial charge is 0.330 e. The van der Waals surface area contributed by atoms with Crippen LogP contribution in [0.2, 0.25) is 0 Å². The molecule has 6 aliphatic heterocycles. The van der Waals surface area contributed by atoms with E-state index in [4.69, 9.17) is 0 Å². The van der Waals surface area contributed by atoms with Gasteiger partial charge in [0.05, 0.1) is 66.9 Å². The van der Waals surface area contributed by atoms with Crippen molar-refractivity contribution in [1.29, 1.82) is 0 Å². The van der Waals surface area contributed by atoms with Crippen LogP contribution in [0.4, 0.5) is 26.3 Å². The Morgan fingerprint density at radius 3 is 1.39 bits per heavy atom. The zero-order chi connectivity index (χ0) is 85.7. The molecule has 0 saturated carbocycles. The van der Waals surface area contributed by atoms with Gasteiger partial charge in [-0.3, -0.25) is 62.9 Å². The summed E-state index contributed by atoms with van der Waals surface area (Å²) in [6.07, 6.45) is 14.9. The fourth-order valence-corrected chi connectivity index (χ4v) is 15.7. The van der Waals surface area contributed by atoms with Gasteiger partial charge in [-0.1, -0.05) is 127 Å². The third-order valence-electron chi connectivity index (χ3n) is 22.1. The SMILES string of the molecule is CC(c1ccc(-c2cnn(C)c2)cc1F)N1Cc2ccccc2C1=O.Cc1cc(-c2ccc(CN3Cc4ncccc4C3=O)c(F)c2)ccn1.Cn1cc(-c2ccc(CN3Cc4ccccc4C3=O)cn2)cn1.Cn1cc(-c2ccc(CN3Cc4ccccc4C3=O)nc2)cn1.O=C1c2ccccc2CN1Cc1ccc(C2=CCN=C2C(F)(F)F)cc1F. The Balaban J connectivity index is 0.000000114. The van der Waals surface area contributed by atoms with Crippen LogP contribution in [0, 0.1) is 24.4 Å². The predicted octanol–water partition coefficient (Wildman–Crippen LogP) is 17.3. The first-order valence-corrected chi connectivity index (χ1v) is 39.6. The fourth-order valence-electron chi connectivity index (χ4n) is 15.7. The summed E-state index contributed by atoms with van der Waals surface area (Å²) in [5.41, 5.74) is 18.7. The van der Waals surface area contributed by atoms with Crippen molar-refractivity contribution < 1.29 is 50.3 Å². The minimum atomic E-state index is -4.58. The van der Waals surface area contributed by atoms with E-state index in [1.165, 1.54) is 35.2 Å². The van der Waals surface area contributed by atoms with Gasteiger partial charge < -0.3 is 24.5 Å². The fraction of sp³-hybridized carbons (Fsp3) is 0.177. The van der Waals surface area contributed by atoms with Crippen molar-refractivity contribution in [2.24, 2.45) is 26.1 Å². The Morgan fingerprint density at radius 2 is 0.878 bits per heavy atom. The normalized spacial score (nSPS) is 14.3. The first-order valence-electron chi connectivity index (χ1n) is 39.6. The van der Waals surface area contributed by atoms with E-state index in [9.17, 15) is 50.3 Å². The number of rotatable bonds is 15. The third-order valence-corrected chi connectivity index (χ3v) is 22.1. The second kappa shape index (κ2) is 35.2. The first-order chi connectivity index (χ1) is 59.4. The summed E-state index contributed by atoms with van der Waals surface area (Å²) >= 11 is 0. The summed E-state index contributed by atoms with van der Waals surface area (Å²) in [6.45, 7) is 7.72. The van der Waals surface area contributed by atoms with E-state index in [2.05, 4.69) is 40.2 Å². The number of aliphatic imine (C=N–C) groups is 1. The summed E-state index contributed by atoms with van der Waals surface area (Å²) in [5.74, 6) is -1.42. The lowest BCUT2D eigenvalue weighted by molar-refractivity contribution is -0.0571. The average molecular weight is 1650 g/mol. The number of fused-ring (bicyclic) bond motifs is 5. The molecule has 0 N–H and O–H groups in total. The maximum absolute atomic E-state index is 14.7. The summed E-state index contributed by atoms with van der Waals surface area (Å²) < 4.78 is 88.1. The summed E-state index contributed by atoms with van der Waals surface area (Å²) in [7, 11) is 5.60. The van der Waals surface area contributed by atoms with Crippen molar-refractivity contribution in [2.45, 2.75) is 85.0 Å². The molecule has 1 atom stereocenters. The highest BCUT2D eigenvalue weighted by Crippen LogP contribution is 2.37. The van der Waals surface area contributed by atoms with Crippen LogP contribution >= 0.6 is 0 Å². The highest BCUT2D eigenvalue weighted by molar-refractivity contribution is 6.28. The molecule has 6 aliphatic rings. The lowest BCUT2D eigenvalue weighted by Crippen LogP contribution is -2.27. The number of halogens is 6. The maximum Gasteiger partial charge on any atom is 0.433 e. The average Bonchev–Trinajstić information content (AvgIpc) is 1.63. The highest BCUT2D eigenvalue weighted by Gasteiger charge is 2.41. The van der Waals surface area contributed by atoms with Gasteiger partial charge in [0.2, 0.25) is 0 Å². The number of aromatic nitrogens is 10. The van der Waals surface area contributed by atoms with Gasteiger partial charge in [-0.2, -0.15) is 28.5 Å². The van der Waals surface area contributed by atoms with Gasteiger partial charge in [0, 0.05) is 183 Å². The summed E-state index contributed by atoms with van der Waals surface area (Å²) in [4.78, 5) is 91.5. The zero-order valence-corrected chi connectivity index (χ0v) is 67.5. The number of alkyl halides is 3. The number of allylic oxidation sites excluding steroid dienone is 1. The number of aryl methyl sites for hydroxylation is 4. The van der Waals surface area contributed by atoms with Crippen LogP contribution < -0.4 is 0 Å². The molecular formula is C96H80F6N16O5. The van der Waals surface area contributed by atoms with E-state index in [0.29, 0.717) is 73.6 Å². The summed E-state index contributed by atoms with van der Waals surface area (Å²) in [6, 6.07) is 59.4. The minimum Gasteiger partial charge on any atom is -0.330 e. The van der Waals surface area contributed by atoms with E-state index in [1.54, 1.807) is 85.0 Å². The van der Waals surface area contributed by atoms with E-state index >= 15 is 0 Å². The zero-order valence-electron chi connectivity index (χ0n) is 67.5. The molecule has 0 bridgehead atoms. The van der Waals surface area contributed by atoms with Gasteiger partial charge in [0.15, 0.2) is 0 Å². The second-order valence-electron chi connectivity index (χ2n) is 30.5. The Labute approximate surface area is 704 Å². The molecule has 14 aromatic rings. The molecule has 21 nitrogen and oxygen atoms in total. The number of hydrogen-bond donors (Lipinski definition) is 0. The molecule has 7 aromatic carbocycles. The molecule has 27 heteroatoms. The molecule has 0 fully saturated rings. The van der Waals surface area contributed by atoms with E-state index in [-0.39, 0.29) is 83.5 Å². The van der Waals surface area contributed by atoms with Gasteiger partial charge >= 0.3 is 6.18 Å². The Bertz CT molecular complexity index is 6310. The summed E-state index contributed by atoms with van der Waals surface area (Å²) in [5, 5.41) is 12.4. The van der Waals surface area contributed by atoms with Gasteiger partial charge in [-0.25, -0.2) is 13.2 Å². The van der Waals surface area contributed by atoms with Crippen LogP contribution in [0.3, 0.4) is 0 Å². The van der Waals surface area contributed by atoms with Crippen LogP contribution in [0.15, 0.2) is 273 Å². The first kappa shape index (κ1) is 81.8. The van der Waals surface area contributed by atoms with Crippen molar-refractivity contribution >= 4 is 40.8 Å². The maximum atomic E-state index is 14.7. The molecule has 13 heterocycles. The lowest BCUT2D eigenvalue weighted by Gasteiger charge is -2.25. The predicted molar refractivity (Wildman–Crippen MR) is 451 cm³/mol. The van der Waals surface area contributed by atoms with Crippen molar-refractivity contribution in [3.63, 3.8) is 0 Å². The molecule has 0 radical (unpaired) electrons. The largest absolute Gasteiger partial charge is 0.433 e. The standard InChI is InChI=1S/C20H14F4N2O.C20H18FN3O.C20H16FN3O.2C18H16N4O/c21-17-9-12(15-7-8-25-18(15)20(22,23)24)5-6-14(17)11-26-10-13-3-1-2-4-16(13)19(26)27;1-13(24-12-15-5-3-4-6-18(15)20(24)25)17-8-7-14(9-19(17)21)16-10-22-23(2)11-16;1-13-9-15(6-8-22-13)14-4-5-16(18(21)10-14)11-24-12-19-17(20(24)25)3-2-7-23-19;1-21-10-15(9-20-21)13-6-7-16(19-8-13)12-22-11-14-4-2-3-5-17(14)18(22)23;1-21-11-15(9-20-21)17-7-6-13(8-19-17)10-22-12-14-4-2-3-5-16(14)18(22)23/h1-7,9H,8,10-11H2;3-11,13H,12H2,1-2H3;2-10H,11-12H2,1H3;2-10H,11-12H2,1H3;2-9,11H,10,12H2,1H3. The van der Waals surface area contributed by atoms with Crippen LogP contribution in [-0.2, 0) is 80.0 Å². The molecule has 0 aliphatic carbocycles. The van der Waals surface area contributed by atoms with Crippen molar-refractivity contribution in [1.82, 2.24) is 73.8 Å². The Kier molecular flexibility index (Phi) is 23.4. The quantitative estimate of drug-likeness (QED) is 0.0875. The van der Waals surface area contributed by atoms with Crippen LogP contribution in [0.1, 0.15) is 132 Å². The number of carbonyl (C=O) groups excluding carboxylic acids is 5. The molecule has 0 spiro atoms. The number of carbonyl (C=O) groups is 5. The lowest BCUT2D eigenvalue weighted by atomic mass is 9.99. The number of benzene rings is 7. The number of hydrogen-bond acceptors (Lipinski definition) is 13. The molecule has 616 valence electrons. The third kappa shape index (κ3) is 18.0. The van der Waals surface area contributed by atoms with Crippen LogP contribution in [-0.4, -0.2) is 122 Å². The van der Waals surface area contributed by atoms with Gasteiger partial charge in [0.1, 0.15) is 23.2 Å². The van der Waals surface area contributed by atoms with Gasteiger partial charge in [-0.05, 0) is 143 Å². The van der Waals surface area contributed by atoms with E-state index in [0.717, 1.165) is 107 Å². The number of nitrogens with zero attached hydrogens (tertiary/aromatic N) is 16. The van der Waals surface area contributed by atoms with Crippen molar-refractivity contribution in [3.05, 3.63) is 381 Å². The van der Waals surface area contributed by atoms with E-state index in [1.807, 2.05) is 215 Å². The van der Waals surface area contributed by atoms with Crippen LogP contribution in [0.25, 0.3) is 50.2 Å². The Morgan fingerprint density at radius 1 is 0.398 bits per heavy atom. The number of pyridine rings is 4. The van der Waals surface area contributed by atoms with Gasteiger partial charge in [0.25, 0.3) is 29.5 Å². The molecule has 1 unspecified atom stereocenters. The van der Waals surface area contributed by atoms with Crippen molar-refractivity contribution in [2.75, 3.05) is 6.54 Å². The monoisotopic (exact) mass is 1650 g/mol. The van der Waals surface area contributed by atoms with Crippen LogP contribution in [0.5, 0.6) is 0 Å². The molecule has 20 rings (SSSR count). The number of amides is 5. The molecule has 0 saturated heterocycles. The van der Waals surface area contributed by atoms with E-state index < -0.39 is 17.7 Å². The molecule has 7 aromatic heterocycles. The minimum absolute atomic E-state index is 0.0427. The van der Waals surface area contributed by atoms with Crippen molar-refractivity contribution in [3.8, 4) is 44.6 Å². The topological polar surface area (TPSA) is 219 Å².